The molecule has 1 N–H and O–H groups in total. The van der Waals surface area contributed by atoms with Crippen LogP contribution < -0.4 is 0 Å². The number of benzene rings is 1. The van der Waals surface area contributed by atoms with Gasteiger partial charge in [-0.2, -0.15) is 0 Å². The number of ether oxygens (including phenoxy) is 1. The van der Waals surface area contributed by atoms with Crippen molar-refractivity contribution in [2.24, 2.45) is 0 Å². The molecule has 2 fully saturated rings. The number of likely N-dealkylation sites (tertiary alicyclic amines) is 1. The van der Waals surface area contributed by atoms with E-state index in [0.29, 0.717) is 39.4 Å². The van der Waals surface area contributed by atoms with Gasteiger partial charge in [0.2, 0.25) is 5.91 Å². The molecular weight excluding hydrogens is 299 g/mol. The normalized spacial score (nSPS) is 25.7. The van der Waals surface area contributed by atoms with E-state index in [1.807, 2.05) is 29.2 Å². The highest BCUT2D eigenvalue weighted by atomic mass is 19.1. The quantitative estimate of drug-likeness (QED) is 0.897. The maximum Gasteiger partial charge on any atom is 0.240 e. The Kier molecular flexibility index (Phi) is 5.25. The number of alkyl halides is 1. The van der Waals surface area contributed by atoms with Gasteiger partial charge in [-0.1, -0.05) is 24.3 Å². The van der Waals surface area contributed by atoms with Crippen molar-refractivity contribution in [1.29, 1.82) is 0 Å². The highest BCUT2D eigenvalue weighted by Crippen LogP contribution is 2.25. The minimum Gasteiger partial charge on any atom is -0.392 e. The Morgan fingerprint density at radius 3 is 2.52 bits per heavy atom. The van der Waals surface area contributed by atoms with Crippen LogP contribution in [0.5, 0.6) is 0 Å². The number of halogens is 1. The SMILES string of the molecule is O=C([C@@H]1C[C@@H](F)CN1Cc1ccc(CO)cc1)N1CCOCC1. The van der Waals surface area contributed by atoms with Gasteiger partial charge in [-0.05, 0) is 11.1 Å². The van der Waals surface area contributed by atoms with E-state index in [0.717, 1.165) is 11.1 Å². The predicted octanol–water partition coefficient (Wildman–Crippen LogP) is 0.950. The highest BCUT2D eigenvalue weighted by molar-refractivity contribution is 5.82. The second kappa shape index (κ2) is 7.38. The summed E-state index contributed by atoms with van der Waals surface area (Å²) in [6.07, 6.45) is -0.688. The maximum absolute atomic E-state index is 13.9. The van der Waals surface area contributed by atoms with Gasteiger partial charge in [0.05, 0.1) is 25.9 Å². The first-order chi connectivity index (χ1) is 11.2. The number of hydrogen-bond acceptors (Lipinski definition) is 4. The summed E-state index contributed by atoms with van der Waals surface area (Å²) in [5, 5.41) is 9.09. The second-order valence-corrected chi connectivity index (χ2v) is 6.19. The summed E-state index contributed by atoms with van der Waals surface area (Å²) in [4.78, 5) is 16.4. The van der Waals surface area contributed by atoms with Gasteiger partial charge in [-0.25, -0.2) is 4.39 Å². The van der Waals surface area contributed by atoms with E-state index in [2.05, 4.69) is 0 Å². The fourth-order valence-electron chi connectivity index (χ4n) is 3.26. The molecule has 6 heteroatoms. The molecule has 1 amide bonds. The Balaban J connectivity index is 1.67. The Hall–Kier alpha value is -1.50. The first-order valence-corrected chi connectivity index (χ1v) is 8.10. The molecule has 0 aromatic heterocycles. The van der Waals surface area contributed by atoms with Gasteiger partial charge >= 0.3 is 0 Å². The number of aliphatic hydroxyl groups is 1. The lowest BCUT2D eigenvalue weighted by molar-refractivity contribution is -0.140. The van der Waals surface area contributed by atoms with Crippen LogP contribution in [-0.4, -0.2) is 65.9 Å². The Morgan fingerprint density at radius 1 is 1.22 bits per heavy atom. The molecule has 2 saturated heterocycles. The lowest BCUT2D eigenvalue weighted by atomic mass is 10.1. The molecule has 0 radical (unpaired) electrons. The lowest BCUT2D eigenvalue weighted by Gasteiger charge is -2.32. The van der Waals surface area contributed by atoms with E-state index >= 15 is 0 Å². The van der Waals surface area contributed by atoms with Crippen molar-refractivity contribution in [2.45, 2.75) is 31.8 Å². The zero-order chi connectivity index (χ0) is 16.2. The molecule has 1 aromatic carbocycles. The van der Waals surface area contributed by atoms with Crippen LogP contribution in [0.25, 0.3) is 0 Å². The number of rotatable bonds is 4. The van der Waals surface area contributed by atoms with Gasteiger partial charge in [0.25, 0.3) is 0 Å². The summed E-state index contributed by atoms with van der Waals surface area (Å²) in [6.45, 7) is 3.14. The van der Waals surface area contributed by atoms with Crippen molar-refractivity contribution in [3.63, 3.8) is 0 Å². The first kappa shape index (κ1) is 16.4. The zero-order valence-electron chi connectivity index (χ0n) is 13.2. The average molecular weight is 322 g/mol. The number of morpholine rings is 1. The molecule has 0 saturated carbocycles. The van der Waals surface area contributed by atoms with Gasteiger partial charge in [0, 0.05) is 32.6 Å². The summed E-state index contributed by atoms with van der Waals surface area (Å²) in [5.74, 6) is 0.0143. The maximum atomic E-state index is 13.9. The van der Waals surface area contributed by atoms with E-state index < -0.39 is 6.17 Å². The van der Waals surface area contributed by atoms with Crippen molar-refractivity contribution >= 4 is 5.91 Å². The summed E-state index contributed by atoms with van der Waals surface area (Å²) in [5.41, 5.74) is 1.87. The van der Waals surface area contributed by atoms with Gasteiger partial charge < -0.3 is 14.7 Å². The number of carbonyl (C=O) groups excluding carboxylic acids is 1. The minimum atomic E-state index is -0.957. The molecule has 2 aliphatic rings. The third-order valence-corrected chi connectivity index (χ3v) is 4.55. The molecule has 23 heavy (non-hydrogen) atoms. The number of nitrogens with zero attached hydrogens (tertiary/aromatic N) is 2. The fourth-order valence-corrected chi connectivity index (χ4v) is 3.26. The van der Waals surface area contributed by atoms with Crippen LogP contribution in [0.1, 0.15) is 17.5 Å². The zero-order valence-corrected chi connectivity index (χ0v) is 13.2. The van der Waals surface area contributed by atoms with Crippen molar-refractivity contribution in [3.05, 3.63) is 35.4 Å². The Bertz CT molecular complexity index is 531. The fraction of sp³-hybridized carbons (Fsp3) is 0.588. The summed E-state index contributed by atoms with van der Waals surface area (Å²) >= 11 is 0. The average Bonchev–Trinajstić information content (AvgIpc) is 2.96. The summed E-state index contributed by atoms with van der Waals surface area (Å²) in [6, 6.07) is 7.18. The van der Waals surface area contributed by atoms with Gasteiger partial charge in [0.1, 0.15) is 6.17 Å². The monoisotopic (exact) mass is 322 g/mol. The van der Waals surface area contributed by atoms with Crippen molar-refractivity contribution in [1.82, 2.24) is 9.80 Å². The van der Waals surface area contributed by atoms with Crippen LogP contribution in [0, 0.1) is 0 Å². The number of amides is 1. The molecule has 0 bridgehead atoms. The van der Waals surface area contributed by atoms with Crippen LogP contribution in [0.15, 0.2) is 24.3 Å². The summed E-state index contributed by atoms with van der Waals surface area (Å²) in [7, 11) is 0. The molecule has 0 aliphatic carbocycles. The van der Waals surface area contributed by atoms with Gasteiger partial charge in [-0.3, -0.25) is 9.69 Å². The molecule has 126 valence electrons. The molecule has 1 aromatic rings. The molecule has 2 atom stereocenters. The molecule has 2 aliphatic heterocycles. The Morgan fingerprint density at radius 2 is 1.87 bits per heavy atom. The minimum absolute atomic E-state index is 0.00862. The van der Waals surface area contributed by atoms with E-state index in [9.17, 15) is 9.18 Å². The standard InChI is InChI=1S/C17H23FN2O3/c18-15-9-16(17(22)19-5-7-23-8-6-19)20(11-15)10-13-1-3-14(12-21)4-2-13/h1-4,15-16,21H,5-12H2/t15-,16+/m1/s1. The predicted molar refractivity (Wildman–Crippen MR) is 83.5 cm³/mol. The molecule has 0 spiro atoms. The van der Waals surface area contributed by atoms with Crippen molar-refractivity contribution in [2.75, 3.05) is 32.8 Å². The number of hydrogen-bond donors (Lipinski definition) is 1. The van der Waals surface area contributed by atoms with E-state index in [-0.39, 0.29) is 25.0 Å². The topological polar surface area (TPSA) is 53.0 Å². The summed E-state index contributed by atoms with van der Waals surface area (Å²) < 4.78 is 19.2. The lowest BCUT2D eigenvalue weighted by Crippen LogP contribution is -2.49. The molecule has 2 heterocycles. The van der Waals surface area contributed by atoms with Crippen LogP contribution in [0.2, 0.25) is 0 Å². The first-order valence-electron chi connectivity index (χ1n) is 8.10. The highest BCUT2D eigenvalue weighted by Gasteiger charge is 2.39. The van der Waals surface area contributed by atoms with Gasteiger partial charge in [0.15, 0.2) is 0 Å². The molecule has 0 unspecified atom stereocenters. The van der Waals surface area contributed by atoms with E-state index in [4.69, 9.17) is 9.84 Å². The molecule has 3 rings (SSSR count). The van der Waals surface area contributed by atoms with Crippen molar-refractivity contribution < 1.29 is 19.0 Å². The van der Waals surface area contributed by atoms with Crippen LogP contribution >= 0.6 is 0 Å². The molecular formula is C17H23FN2O3. The largest absolute Gasteiger partial charge is 0.392 e. The third kappa shape index (κ3) is 3.88. The van der Waals surface area contributed by atoms with Gasteiger partial charge in [-0.15, -0.1) is 0 Å². The number of aliphatic hydroxyl groups excluding tert-OH is 1. The van der Waals surface area contributed by atoms with Crippen LogP contribution in [0.4, 0.5) is 4.39 Å². The second-order valence-electron chi connectivity index (χ2n) is 6.19. The Labute approximate surface area is 135 Å². The van der Waals surface area contributed by atoms with Crippen molar-refractivity contribution in [3.8, 4) is 0 Å². The van der Waals surface area contributed by atoms with E-state index in [1.165, 1.54) is 0 Å². The smallest absolute Gasteiger partial charge is 0.240 e. The van der Waals surface area contributed by atoms with Crippen LogP contribution in [-0.2, 0) is 22.7 Å². The third-order valence-electron chi connectivity index (χ3n) is 4.55. The van der Waals surface area contributed by atoms with Crippen LogP contribution in [0.3, 0.4) is 0 Å². The molecule has 5 nitrogen and oxygen atoms in total. The number of carbonyl (C=O) groups is 1. The van der Waals surface area contributed by atoms with E-state index in [1.54, 1.807) is 4.90 Å².